The number of carbonyl (C=O) groups excluding carboxylic acids is 1. The van der Waals surface area contributed by atoms with Crippen molar-refractivity contribution in [2.24, 2.45) is 0 Å². The third kappa shape index (κ3) is 3.50. The van der Waals surface area contributed by atoms with Crippen molar-refractivity contribution >= 4 is 17.2 Å². The summed E-state index contributed by atoms with van der Waals surface area (Å²) in [5.74, 6) is 0.0872. The Morgan fingerprint density at radius 1 is 1.48 bits per heavy atom. The Labute approximate surface area is 154 Å². The average molecular weight is 364 g/mol. The molecule has 138 valence electrons. The zero-order chi connectivity index (χ0) is 17.3. The number of carbonyl (C=O) groups is 1. The van der Waals surface area contributed by atoms with E-state index < -0.39 is 0 Å². The van der Waals surface area contributed by atoms with Crippen molar-refractivity contribution in [1.82, 2.24) is 15.5 Å². The summed E-state index contributed by atoms with van der Waals surface area (Å²) in [5, 5.41) is 6.55. The van der Waals surface area contributed by atoms with Gasteiger partial charge in [-0.15, -0.1) is 11.3 Å². The van der Waals surface area contributed by atoms with E-state index in [1.54, 1.807) is 11.3 Å². The molecule has 0 radical (unpaired) electrons. The van der Waals surface area contributed by atoms with Gasteiger partial charge in [0.2, 0.25) is 0 Å². The maximum absolute atomic E-state index is 12.6. The van der Waals surface area contributed by atoms with Crippen molar-refractivity contribution in [3.8, 4) is 0 Å². The molecule has 1 atom stereocenters. The fraction of sp³-hybridized carbons (Fsp3) is 0.737. The van der Waals surface area contributed by atoms with Crippen LogP contribution in [0.2, 0.25) is 0 Å². The summed E-state index contributed by atoms with van der Waals surface area (Å²) in [4.78, 5) is 17.2. The molecule has 3 aliphatic rings. The van der Waals surface area contributed by atoms with Crippen LogP contribution < -0.4 is 10.6 Å². The summed E-state index contributed by atoms with van der Waals surface area (Å²) >= 11 is 1.67. The Bertz CT molecular complexity index is 624. The normalized spacial score (nSPS) is 25.9. The first-order chi connectivity index (χ1) is 12.2. The Hall–Kier alpha value is -0.950. The number of nitrogens with zero attached hydrogens (tertiary/aromatic N) is 1. The van der Waals surface area contributed by atoms with Crippen LogP contribution in [0.4, 0.5) is 0 Å². The molecule has 5 nitrogen and oxygen atoms in total. The minimum atomic E-state index is -0.152. The summed E-state index contributed by atoms with van der Waals surface area (Å²) in [6.07, 6.45) is 6.54. The molecule has 1 unspecified atom stereocenters. The van der Waals surface area contributed by atoms with E-state index in [0.29, 0.717) is 6.04 Å². The first-order valence-corrected chi connectivity index (χ1v) is 10.5. The van der Waals surface area contributed by atoms with Gasteiger partial charge in [0.05, 0.1) is 17.1 Å². The number of ether oxygens (including phenoxy) is 1. The SMILES string of the molecule is CN1CCCC1CCNC(=O)c1cc2c(s1)CCOC21CCNCC1. The second-order valence-corrected chi connectivity index (χ2v) is 8.75. The van der Waals surface area contributed by atoms with Crippen LogP contribution in [0, 0.1) is 0 Å². The van der Waals surface area contributed by atoms with Crippen LogP contribution in [-0.4, -0.2) is 56.7 Å². The van der Waals surface area contributed by atoms with Crippen LogP contribution in [0.1, 0.15) is 52.2 Å². The lowest BCUT2D eigenvalue weighted by molar-refractivity contribution is -0.0792. The molecule has 4 heterocycles. The second-order valence-electron chi connectivity index (χ2n) is 7.61. The van der Waals surface area contributed by atoms with E-state index in [1.807, 2.05) is 0 Å². The van der Waals surface area contributed by atoms with Gasteiger partial charge in [0.1, 0.15) is 0 Å². The standard InChI is InChI=1S/C19H29N3O2S/c1-22-11-2-3-14(22)4-8-21-18(23)17-13-15-16(25-17)5-12-24-19(15)6-9-20-10-7-19/h13-14,20H,2-12H2,1H3,(H,21,23). The van der Waals surface area contributed by atoms with Gasteiger partial charge in [0, 0.05) is 23.9 Å². The Kier molecular flexibility index (Phi) is 5.13. The molecule has 0 saturated carbocycles. The number of hydrogen-bond acceptors (Lipinski definition) is 5. The average Bonchev–Trinajstić information content (AvgIpc) is 3.23. The molecule has 2 saturated heterocycles. The van der Waals surface area contributed by atoms with Crippen molar-refractivity contribution < 1.29 is 9.53 Å². The molecule has 0 aliphatic carbocycles. The molecule has 2 N–H and O–H groups in total. The van der Waals surface area contributed by atoms with Gasteiger partial charge < -0.3 is 20.3 Å². The van der Waals surface area contributed by atoms with Gasteiger partial charge in [-0.05, 0) is 70.4 Å². The number of piperidine rings is 1. The lowest BCUT2D eigenvalue weighted by atomic mass is 9.83. The Morgan fingerprint density at radius 3 is 3.08 bits per heavy atom. The molecule has 1 aromatic heterocycles. The summed E-state index contributed by atoms with van der Waals surface area (Å²) in [5.41, 5.74) is 1.13. The molecule has 6 heteroatoms. The molecule has 4 rings (SSSR count). The summed E-state index contributed by atoms with van der Waals surface area (Å²) in [6, 6.07) is 2.74. The van der Waals surface area contributed by atoms with Crippen LogP contribution in [0.5, 0.6) is 0 Å². The monoisotopic (exact) mass is 363 g/mol. The molecule has 2 fully saturated rings. The summed E-state index contributed by atoms with van der Waals surface area (Å²) < 4.78 is 6.22. The molecule has 1 amide bonds. The highest BCUT2D eigenvalue weighted by molar-refractivity contribution is 7.14. The molecule has 3 aliphatic heterocycles. The number of likely N-dealkylation sites (tertiary alicyclic amines) is 1. The van der Waals surface area contributed by atoms with E-state index in [1.165, 1.54) is 29.8 Å². The third-order valence-corrected chi connectivity index (χ3v) is 7.27. The number of amides is 1. The topological polar surface area (TPSA) is 53.6 Å². The van der Waals surface area contributed by atoms with Crippen molar-refractivity contribution in [1.29, 1.82) is 0 Å². The fourth-order valence-electron chi connectivity index (χ4n) is 4.56. The lowest BCUT2D eigenvalue weighted by Crippen LogP contribution is -2.44. The van der Waals surface area contributed by atoms with E-state index in [0.717, 1.165) is 56.8 Å². The maximum Gasteiger partial charge on any atom is 0.261 e. The molecule has 1 aromatic rings. The molecule has 25 heavy (non-hydrogen) atoms. The van der Waals surface area contributed by atoms with Crippen molar-refractivity contribution in [2.75, 3.05) is 39.8 Å². The summed E-state index contributed by atoms with van der Waals surface area (Å²) in [6.45, 7) is 4.72. The Morgan fingerprint density at radius 2 is 2.32 bits per heavy atom. The molecule has 1 spiro atoms. The first-order valence-electron chi connectivity index (χ1n) is 9.64. The zero-order valence-corrected chi connectivity index (χ0v) is 15.9. The van der Waals surface area contributed by atoms with Crippen molar-refractivity contribution in [3.63, 3.8) is 0 Å². The third-order valence-electron chi connectivity index (χ3n) is 6.08. The molecular weight excluding hydrogens is 334 g/mol. The number of rotatable bonds is 4. The van der Waals surface area contributed by atoms with Crippen LogP contribution in [0.3, 0.4) is 0 Å². The van der Waals surface area contributed by atoms with Crippen molar-refractivity contribution in [2.45, 2.75) is 50.2 Å². The van der Waals surface area contributed by atoms with Gasteiger partial charge in [-0.25, -0.2) is 0 Å². The molecule has 0 bridgehead atoms. The first kappa shape index (κ1) is 17.5. The summed E-state index contributed by atoms with van der Waals surface area (Å²) in [7, 11) is 2.19. The number of thiophene rings is 1. The largest absolute Gasteiger partial charge is 0.370 e. The van der Waals surface area contributed by atoms with Gasteiger partial charge in [0.25, 0.3) is 5.91 Å². The quantitative estimate of drug-likeness (QED) is 0.860. The van der Waals surface area contributed by atoms with Gasteiger partial charge in [-0.1, -0.05) is 0 Å². The van der Waals surface area contributed by atoms with E-state index >= 15 is 0 Å². The molecule has 0 aromatic carbocycles. The number of hydrogen-bond donors (Lipinski definition) is 2. The van der Waals surface area contributed by atoms with Crippen molar-refractivity contribution in [3.05, 3.63) is 21.4 Å². The number of nitrogens with one attached hydrogen (secondary N) is 2. The predicted molar refractivity (Wildman–Crippen MR) is 100 cm³/mol. The fourth-order valence-corrected chi connectivity index (χ4v) is 5.70. The zero-order valence-electron chi connectivity index (χ0n) is 15.1. The van der Waals surface area contributed by atoms with E-state index in [4.69, 9.17) is 4.74 Å². The van der Waals surface area contributed by atoms with Gasteiger partial charge >= 0.3 is 0 Å². The van der Waals surface area contributed by atoms with Gasteiger partial charge in [-0.3, -0.25) is 4.79 Å². The highest BCUT2D eigenvalue weighted by Crippen LogP contribution is 2.43. The number of fused-ring (bicyclic) bond motifs is 2. The Balaban J connectivity index is 1.40. The maximum atomic E-state index is 12.6. The van der Waals surface area contributed by atoms with Crippen LogP contribution in [0.15, 0.2) is 6.07 Å². The van der Waals surface area contributed by atoms with Gasteiger partial charge in [-0.2, -0.15) is 0 Å². The van der Waals surface area contributed by atoms with E-state index in [-0.39, 0.29) is 11.5 Å². The van der Waals surface area contributed by atoms with E-state index in [9.17, 15) is 4.79 Å². The highest BCUT2D eigenvalue weighted by Gasteiger charge is 2.40. The molecular formula is C19H29N3O2S. The van der Waals surface area contributed by atoms with Crippen LogP contribution in [0.25, 0.3) is 0 Å². The van der Waals surface area contributed by atoms with E-state index in [2.05, 4.69) is 28.6 Å². The highest BCUT2D eigenvalue weighted by atomic mass is 32.1. The van der Waals surface area contributed by atoms with Gasteiger partial charge in [0.15, 0.2) is 0 Å². The van der Waals surface area contributed by atoms with Crippen LogP contribution >= 0.6 is 11.3 Å². The lowest BCUT2D eigenvalue weighted by Gasteiger charge is -2.40. The minimum absolute atomic E-state index is 0.0872. The smallest absolute Gasteiger partial charge is 0.261 e. The minimum Gasteiger partial charge on any atom is -0.370 e. The second kappa shape index (κ2) is 7.35. The predicted octanol–water partition coefficient (Wildman–Crippen LogP) is 2.11. The van der Waals surface area contributed by atoms with Crippen LogP contribution in [-0.2, 0) is 16.8 Å².